The fraction of sp³-hybridized carbons (Fsp3) is 0.716. The molecule has 0 bridgehead atoms. The first-order valence-electron chi connectivity index (χ1n) is 30.7. The summed E-state index contributed by atoms with van der Waals surface area (Å²) in [6.45, 7) is 6.45. The second-order valence-electron chi connectivity index (χ2n) is 20.2. The third kappa shape index (κ3) is 59.1. The zero-order chi connectivity index (χ0) is 52.9. The third-order valence-corrected chi connectivity index (χ3v) is 13.1. The fourth-order valence-electron chi connectivity index (χ4n) is 8.48. The number of esters is 3. The van der Waals surface area contributed by atoms with Gasteiger partial charge in [0.25, 0.3) is 0 Å². The molecule has 0 aromatic carbocycles. The lowest BCUT2D eigenvalue weighted by Crippen LogP contribution is -2.30. The average molecular weight is 1020 g/mol. The number of carbonyl (C=O) groups excluding carboxylic acids is 3. The first-order valence-corrected chi connectivity index (χ1v) is 30.7. The van der Waals surface area contributed by atoms with Crippen molar-refractivity contribution in [3.05, 3.63) is 97.2 Å². The maximum absolute atomic E-state index is 12.8. The second-order valence-corrected chi connectivity index (χ2v) is 20.2. The van der Waals surface area contributed by atoms with E-state index in [4.69, 9.17) is 14.2 Å². The van der Waals surface area contributed by atoms with Crippen LogP contribution in [0.4, 0.5) is 0 Å². The Morgan fingerprint density at radius 2 is 0.562 bits per heavy atom. The van der Waals surface area contributed by atoms with E-state index >= 15 is 0 Å². The molecule has 418 valence electrons. The van der Waals surface area contributed by atoms with Gasteiger partial charge in [0.15, 0.2) is 6.10 Å². The molecular weight excluding hydrogens is 901 g/mol. The van der Waals surface area contributed by atoms with Crippen LogP contribution in [0, 0.1) is 0 Å². The number of hydrogen-bond donors (Lipinski definition) is 0. The highest BCUT2D eigenvalue weighted by atomic mass is 16.6. The standard InChI is InChI=1S/C67H114O6/c1-4-7-10-13-16-19-22-23-24-25-26-27-28-29-30-31-32-33-34-35-36-37-38-39-40-41-42-43-44-45-46-49-51-54-57-60-66(69)72-63-64(73-67(70)61-58-55-52-48-21-18-15-12-9-6-3)62-71-65(68)59-56-53-50-47-20-17-14-11-8-5-2/h7,10,12,15-16,19,23-24,26-27,29-30,32-33,35-36,64H,4-6,8-9,11,13-14,17-18,20-22,25,28,31,34,37-63H2,1-3H3/b10-7-,15-12-,19-16-,24-23-,27-26-,30-29-,33-32-,36-35-. The molecule has 0 aliphatic rings. The molecule has 0 aliphatic carbocycles. The molecule has 0 aromatic rings. The van der Waals surface area contributed by atoms with Gasteiger partial charge in [-0.2, -0.15) is 0 Å². The summed E-state index contributed by atoms with van der Waals surface area (Å²) in [6, 6.07) is 0. The summed E-state index contributed by atoms with van der Waals surface area (Å²) in [5.41, 5.74) is 0. The van der Waals surface area contributed by atoms with E-state index in [2.05, 4.69) is 118 Å². The van der Waals surface area contributed by atoms with Crippen LogP contribution in [0.1, 0.15) is 290 Å². The van der Waals surface area contributed by atoms with Crippen molar-refractivity contribution in [3.63, 3.8) is 0 Å². The molecule has 0 fully saturated rings. The van der Waals surface area contributed by atoms with Gasteiger partial charge in [0.2, 0.25) is 0 Å². The predicted octanol–water partition coefficient (Wildman–Crippen LogP) is 20.9. The van der Waals surface area contributed by atoms with Gasteiger partial charge in [-0.25, -0.2) is 0 Å². The lowest BCUT2D eigenvalue weighted by molar-refractivity contribution is -0.167. The maximum Gasteiger partial charge on any atom is 0.306 e. The third-order valence-electron chi connectivity index (χ3n) is 13.1. The molecule has 0 spiro atoms. The molecule has 0 radical (unpaired) electrons. The summed E-state index contributed by atoms with van der Waals surface area (Å²) in [7, 11) is 0. The van der Waals surface area contributed by atoms with Crippen LogP contribution >= 0.6 is 0 Å². The normalized spacial score (nSPS) is 12.8. The molecule has 0 amide bonds. The molecule has 0 aromatic heterocycles. The van der Waals surface area contributed by atoms with Gasteiger partial charge in [0, 0.05) is 19.3 Å². The van der Waals surface area contributed by atoms with Gasteiger partial charge < -0.3 is 14.2 Å². The number of carbonyl (C=O) groups is 3. The first kappa shape index (κ1) is 69.3. The molecule has 0 heterocycles. The Kier molecular flexibility index (Phi) is 57.8. The molecule has 0 aliphatic heterocycles. The lowest BCUT2D eigenvalue weighted by atomic mass is 10.0. The average Bonchev–Trinajstić information content (AvgIpc) is 3.39. The zero-order valence-corrected chi connectivity index (χ0v) is 47.9. The molecule has 1 unspecified atom stereocenters. The fourth-order valence-corrected chi connectivity index (χ4v) is 8.48. The van der Waals surface area contributed by atoms with E-state index in [1.54, 1.807) is 0 Å². The summed E-state index contributed by atoms with van der Waals surface area (Å²) in [5.74, 6) is -0.886. The van der Waals surface area contributed by atoms with Crippen LogP contribution in [0.15, 0.2) is 97.2 Å². The van der Waals surface area contributed by atoms with Gasteiger partial charge in [0.1, 0.15) is 13.2 Å². The summed E-state index contributed by atoms with van der Waals surface area (Å²) >= 11 is 0. The Morgan fingerprint density at radius 3 is 0.904 bits per heavy atom. The molecule has 6 nitrogen and oxygen atoms in total. The topological polar surface area (TPSA) is 78.9 Å². The van der Waals surface area contributed by atoms with Crippen molar-refractivity contribution in [1.29, 1.82) is 0 Å². The largest absolute Gasteiger partial charge is 0.462 e. The minimum atomic E-state index is -0.777. The number of hydrogen-bond acceptors (Lipinski definition) is 6. The van der Waals surface area contributed by atoms with Gasteiger partial charge in [-0.3, -0.25) is 14.4 Å². The lowest BCUT2D eigenvalue weighted by Gasteiger charge is -2.18. The molecule has 0 saturated heterocycles. The van der Waals surface area contributed by atoms with Crippen LogP contribution in [0.25, 0.3) is 0 Å². The van der Waals surface area contributed by atoms with Gasteiger partial charge in [-0.05, 0) is 96.3 Å². The molecule has 0 N–H and O–H groups in total. The second kappa shape index (κ2) is 60.9. The maximum atomic E-state index is 12.8. The van der Waals surface area contributed by atoms with E-state index < -0.39 is 6.10 Å². The van der Waals surface area contributed by atoms with E-state index in [0.717, 1.165) is 122 Å². The molecular formula is C67H114O6. The van der Waals surface area contributed by atoms with Crippen LogP contribution < -0.4 is 0 Å². The first-order chi connectivity index (χ1) is 36.0. The highest BCUT2D eigenvalue weighted by molar-refractivity contribution is 5.71. The molecule has 0 rings (SSSR count). The van der Waals surface area contributed by atoms with Gasteiger partial charge in [-0.15, -0.1) is 0 Å². The predicted molar refractivity (Wildman–Crippen MR) is 316 cm³/mol. The van der Waals surface area contributed by atoms with E-state index in [1.165, 1.54) is 128 Å². The molecule has 0 saturated carbocycles. The summed E-state index contributed by atoms with van der Waals surface area (Å²) in [5, 5.41) is 0. The molecule has 6 heteroatoms. The summed E-state index contributed by atoms with van der Waals surface area (Å²) in [6.07, 6.45) is 81.5. The Labute approximate surface area is 451 Å². The number of ether oxygens (including phenoxy) is 3. The highest BCUT2D eigenvalue weighted by Crippen LogP contribution is 2.16. The van der Waals surface area contributed by atoms with Crippen molar-refractivity contribution in [1.82, 2.24) is 0 Å². The molecule has 1 atom stereocenters. The summed E-state index contributed by atoms with van der Waals surface area (Å²) < 4.78 is 16.8. The van der Waals surface area contributed by atoms with Gasteiger partial charge in [0.05, 0.1) is 0 Å². The quantitative estimate of drug-likeness (QED) is 0.0261. The van der Waals surface area contributed by atoms with Gasteiger partial charge in [-0.1, -0.05) is 272 Å². The highest BCUT2D eigenvalue weighted by Gasteiger charge is 2.19. The van der Waals surface area contributed by atoms with Crippen LogP contribution in [0.2, 0.25) is 0 Å². The van der Waals surface area contributed by atoms with Crippen LogP contribution in [-0.4, -0.2) is 37.2 Å². The number of unbranched alkanes of at least 4 members (excludes halogenated alkanes) is 28. The van der Waals surface area contributed by atoms with E-state index in [0.29, 0.717) is 19.3 Å². The van der Waals surface area contributed by atoms with Crippen molar-refractivity contribution in [3.8, 4) is 0 Å². The Morgan fingerprint density at radius 1 is 0.288 bits per heavy atom. The van der Waals surface area contributed by atoms with Crippen molar-refractivity contribution in [2.45, 2.75) is 297 Å². The van der Waals surface area contributed by atoms with E-state index in [9.17, 15) is 14.4 Å². The van der Waals surface area contributed by atoms with Crippen molar-refractivity contribution < 1.29 is 28.6 Å². The van der Waals surface area contributed by atoms with Crippen molar-refractivity contribution in [2.75, 3.05) is 13.2 Å². The smallest absolute Gasteiger partial charge is 0.306 e. The molecule has 73 heavy (non-hydrogen) atoms. The van der Waals surface area contributed by atoms with E-state index in [-0.39, 0.29) is 31.1 Å². The van der Waals surface area contributed by atoms with Crippen LogP contribution in [-0.2, 0) is 28.6 Å². The Bertz CT molecular complexity index is 1440. The number of allylic oxidation sites excluding steroid dienone is 16. The number of rotatable bonds is 55. The van der Waals surface area contributed by atoms with E-state index in [1.807, 2.05) is 0 Å². The Balaban J connectivity index is 4.03. The van der Waals surface area contributed by atoms with Crippen LogP contribution in [0.5, 0.6) is 0 Å². The van der Waals surface area contributed by atoms with Gasteiger partial charge >= 0.3 is 17.9 Å². The van der Waals surface area contributed by atoms with Crippen molar-refractivity contribution >= 4 is 17.9 Å². The van der Waals surface area contributed by atoms with Crippen LogP contribution in [0.3, 0.4) is 0 Å². The summed E-state index contributed by atoms with van der Waals surface area (Å²) in [4.78, 5) is 38.0. The minimum Gasteiger partial charge on any atom is -0.462 e. The monoisotopic (exact) mass is 1010 g/mol. The Hall–Kier alpha value is -3.67. The van der Waals surface area contributed by atoms with Crippen molar-refractivity contribution in [2.24, 2.45) is 0 Å². The zero-order valence-electron chi connectivity index (χ0n) is 47.9. The minimum absolute atomic E-state index is 0.0771. The SMILES string of the molecule is CC/C=C\C/C=C\C/C=C\C/C=C\C/C=C\C/C=C\C/C=C\CCCCCCCCCCCCCCCC(=O)OCC(COC(=O)CCCCCCCCCCCC)OC(=O)CCCCCCC/C=C\CCC.